The van der Waals surface area contributed by atoms with Crippen molar-refractivity contribution < 1.29 is 14.6 Å². The van der Waals surface area contributed by atoms with Crippen molar-refractivity contribution in [2.75, 3.05) is 26.4 Å². The smallest absolute Gasteiger partial charge is 0.0746 e. The molecule has 2 unspecified atom stereocenters. The van der Waals surface area contributed by atoms with E-state index in [1.807, 2.05) is 0 Å². The maximum atomic E-state index is 10.7. The molecule has 0 aromatic heterocycles. The van der Waals surface area contributed by atoms with Crippen molar-refractivity contribution in [3.8, 4) is 0 Å². The molecule has 0 bridgehead atoms. The zero-order valence-electron chi connectivity index (χ0n) is 8.87. The Bertz CT molecular complexity index is 165. The van der Waals surface area contributed by atoms with Crippen molar-refractivity contribution in [1.29, 1.82) is 0 Å². The first-order chi connectivity index (χ1) is 6.77. The molecule has 2 saturated heterocycles. The fourth-order valence-electron chi connectivity index (χ4n) is 2.77. The van der Waals surface area contributed by atoms with E-state index in [0.29, 0.717) is 11.8 Å². The minimum absolute atomic E-state index is 0.319. The molecular formula is C11H20O3. The Kier molecular flexibility index (Phi) is 3.10. The molecule has 0 aliphatic carbocycles. The molecule has 2 fully saturated rings. The van der Waals surface area contributed by atoms with E-state index in [4.69, 9.17) is 9.47 Å². The highest BCUT2D eigenvalue weighted by atomic mass is 16.5. The van der Waals surface area contributed by atoms with Crippen molar-refractivity contribution in [3.63, 3.8) is 0 Å². The Hall–Kier alpha value is -0.120. The topological polar surface area (TPSA) is 38.7 Å². The van der Waals surface area contributed by atoms with Crippen molar-refractivity contribution in [2.45, 2.75) is 31.8 Å². The summed E-state index contributed by atoms with van der Waals surface area (Å²) in [7, 11) is 0. The highest BCUT2D eigenvalue weighted by Gasteiger charge is 2.45. The molecule has 0 aromatic carbocycles. The van der Waals surface area contributed by atoms with Crippen LogP contribution < -0.4 is 0 Å². The first kappa shape index (κ1) is 10.4. The van der Waals surface area contributed by atoms with Crippen LogP contribution in [0, 0.1) is 11.8 Å². The van der Waals surface area contributed by atoms with Gasteiger partial charge in [-0.25, -0.2) is 0 Å². The van der Waals surface area contributed by atoms with Gasteiger partial charge in [0, 0.05) is 25.0 Å². The molecule has 2 aliphatic rings. The molecule has 3 nitrogen and oxygen atoms in total. The third kappa shape index (κ3) is 1.69. The third-order valence-electron chi connectivity index (χ3n) is 3.84. The minimum Gasteiger partial charge on any atom is -0.389 e. The predicted molar refractivity (Wildman–Crippen MR) is 53.1 cm³/mol. The van der Waals surface area contributed by atoms with E-state index in [1.165, 1.54) is 0 Å². The Balaban J connectivity index is 2.06. The molecule has 2 atom stereocenters. The monoisotopic (exact) mass is 200 g/mol. The zero-order chi connectivity index (χ0) is 10.0. The highest BCUT2D eigenvalue weighted by molar-refractivity contribution is 4.94. The fraction of sp³-hybridized carbons (Fsp3) is 1.00. The number of ether oxygens (including phenoxy) is 2. The van der Waals surface area contributed by atoms with Crippen LogP contribution in [0.25, 0.3) is 0 Å². The van der Waals surface area contributed by atoms with Crippen LogP contribution in [0.4, 0.5) is 0 Å². The molecule has 2 rings (SSSR count). The first-order valence-corrected chi connectivity index (χ1v) is 5.65. The van der Waals surface area contributed by atoms with Gasteiger partial charge in [-0.15, -0.1) is 0 Å². The van der Waals surface area contributed by atoms with Crippen LogP contribution in [0.2, 0.25) is 0 Å². The van der Waals surface area contributed by atoms with Crippen LogP contribution >= 0.6 is 0 Å². The molecule has 0 radical (unpaired) electrons. The summed E-state index contributed by atoms with van der Waals surface area (Å²) in [5, 5.41) is 10.7. The fourth-order valence-corrected chi connectivity index (χ4v) is 2.77. The average Bonchev–Trinajstić information content (AvgIpc) is 2.88. The Labute approximate surface area is 85.4 Å². The van der Waals surface area contributed by atoms with Gasteiger partial charge in [0.2, 0.25) is 0 Å². The van der Waals surface area contributed by atoms with Gasteiger partial charge in [0.1, 0.15) is 0 Å². The van der Waals surface area contributed by atoms with E-state index in [9.17, 15) is 5.11 Å². The zero-order valence-corrected chi connectivity index (χ0v) is 8.87. The van der Waals surface area contributed by atoms with E-state index in [-0.39, 0.29) is 0 Å². The summed E-state index contributed by atoms with van der Waals surface area (Å²) in [5.74, 6) is 0.637. The molecule has 14 heavy (non-hydrogen) atoms. The lowest BCUT2D eigenvalue weighted by atomic mass is 9.74. The van der Waals surface area contributed by atoms with Crippen LogP contribution in [-0.4, -0.2) is 37.1 Å². The Morgan fingerprint density at radius 2 is 1.64 bits per heavy atom. The lowest BCUT2D eigenvalue weighted by Crippen LogP contribution is -2.45. The number of aliphatic hydroxyl groups is 1. The van der Waals surface area contributed by atoms with Crippen LogP contribution in [0.5, 0.6) is 0 Å². The summed E-state index contributed by atoms with van der Waals surface area (Å²) in [6.07, 6.45) is 2.82. The molecule has 0 spiro atoms. The summed E-state index contributed by atoms with van der Waals surface area (Å²) < 4.78 is 10.7. The van der Waals surface area contributed by atoms with Gasteiger partial charge in [-0.05, 0) is 19.3 Å². The summed E-state index contributed by atoms with van der Waals surface area (Å²) in [6.45, 7) is 5.12. The van der Waals surface area contributed by atoms with Crippen LogP contribution in [0.1, 0.15) is 26.2 Å². The Morgan fingerprint density at radius 3 is 1.93 bits per heavy atom. The second-order valence-corrected chi connectivity index (χ2v) is 4.47. The molecule has 0 saturated carbocycles. The molecular weight excluding hydrogens is 180 g/mol. The number of hydrogen-bond donors (Lipinski definition) is 1. The largest absolute Gasteiger partial charge is 0.389 e. The lowest BCUT2D eigenvalue weighted by molar-refractivity contribution is -0.0753. The second-order valence-electron chi connectivity index (χ2n) is 4.47. The molecule has 1 N–H and O–H groups in total. The standard InChI is InChI=1S/C11H20O3/c1-2-11(12,9-3-5-13-7-9)10-4-6-14-8-10/h9-10,12H,2-8H2,1H3. The molecule has 82 valence electrons. The van der Waals surface area contributed by atoms with Gasteiger partial charge >= 0.3 is 0 Å². The minimum atomic E-state index is -0.549. The average molecular weight is 200 g/mol. The maximum Gasteiger partial charge on any atom is 0.0746 e. The van der Waals surface area contributed by atoms with Gasteiger partial charge in [0.15, 0.2) is 0 Å². The third-order valence-corrected chi connectivity index (χ3v) is 3.84. The predicted octanol–water partition coefficient (Wildman–Crippen LogP) is 1.20. The van der Waals surface area contributed by atoms with Gasteiger partial charge in [-0.2, -0.15) is 0 Å². The van der Waals surface area contributed by atoms with Gasteiger partial charge in [0.05, 0.1) is 18.8 Å². The lowest BCUT2D eigenvalue weighted by Gasteiger charge is -2.37. The van der Waals surface area contributed by atoms with Crippen LogP contribution in [-0.2, 0) is 9.47 Å². The number of rotatable bonds is 3. The number of hydrogen-bond acceptors (Lipinski definition) is 3. The van der Waals surface area contributed by atoms with E-state index in [0.717, 1.165) is 45.7 Å². The van der Waals surface area contributed by atoms with E-state index < -0.39 is 5.60 Å². The summed E-state index contributed by atoms with van der Waals surface area (Å²) in [5.41, 5.74) is -0.549. The van der Waals surface area contributed by atoms with Gasteiger partial charge in [0.25, 0.3) is 0 Å². The molecule has 3 heteroatoms. The normalized spacial score (nSPS) is 37.3. The van der Waals surface area contributed by atoms with Crippen LogP contribution in [0.15, 0.2) is 0 Å². The van der Waals surface area contributed by atoms with Crippen molar-refractivity contribution >= 4 is 0 Å². The maximum absolute atomic E-state index is 10.7. The summed E-state index contributed by atoms with van der Waals surface area (Å²) in [4.78, 5) is 0. The summed E-state index contributed by atoms with van der Waals surface area (Å²) in [6, 6.07) is 0. The quantitative estimate of drug-likeness (QED) is 0.744. The van der Waals surface area contributed by atoms with E-state index in [2.05, 4.69) is 6.92 Å². The van der Waals surface area contributed by atoms with Gasteiger partial charge < -0.3 is 14.6 Å². The molecule has 2 heterocycles. The van der Waals surface area contributed by atoms with E-state index >= 15 is 0 Å². The van der Waals surface area contributed by atoms with Crippen molar-refractivity contribution in [2.24, 2.45) is 11.8 Å². The van der Waals surface area contributed by atoms with E-state index in [1.54, 1.807) is 0 Å². The highest BCUT2D eigenvalue weighted by Crippen LogP contribution is 2.38. The van der Waals surface area contributed by atoms with Crippen molar-refractivity contribution in [1.82, 2.24) is 0 Å². The van der Waals surface area contributed by atoms with Gasteiger partial charge in [-0.1, -0.05) is 6.92 Å². The molecule has 0 amide bonds. The van der Waals surface area contributed by atoms with Crippen molar-refractivity contribution in [3.05, 3.63) is 0 Å². The summed E-state index contributed by atoms with van der Waals surface area (Å²) >= 11 is 0. The van der Waals surface area contributed by atoms with Gasteiger partial charge in [-0.3, -0.25) is 0 Å². The Morgan fingerprint density at radius 1 is 1.14 bits per heavy atom. The second kappa shape index (κ2) is 4.17. The first-order valence-electron chi connectivity index (χ1n) is 5.65. The molecule has 0 aromatic rings. The SMILES string of the molecule is CCC(O)(C1CCOC1)C1CCOC1. The van der Waals surface area contributed by atoms with Crippen LogP contribution in [0.3, 0.4) is 0 Å². The molecule has 2 aliphatic heterocycles.